The van der Waals surface area contributed by atoms with Crippen LogP contribution in [0.25, 0.3) is 0 Å². The van der Waals surface area contributed by atoms with Crippen molar-refractivity contribution in [3.63, 3.8) is 0 Å². The van der Waals surface area contributed by atoms with Crippen LogP contribution < -0.4 is 5.32 Å². The van der Waals surface area contributed by atoms with E-state index < -0.39 is 11.6 Å². The summed E-state index contributed by atoms with van der Waals surface area (Å²) in [5.74, 6) is -0.487. The summed E-state index contributed by atoms with van der Waals surface area (Å²) in [7, 11) is 0. The summed E-state index contributed by atoms with van der Waals surface area (Å²) in [6.07, 6.45) is 0.768. The zero-order chi connectivity index (χ0) is 16.4. The van der Waals surface area contributed by atoms with Crippen LogP contribution in [-0.4, -0.2) is 24.2 Å². The lowest BCUT2D eigenvalue weighted by atomic mass is 9.92. The van der Waals surface area contributed by atoms with Crippen molar-refractivity contribution in [2.75, 3.05) is 13.1 Å². The van der Waals surface area contributed by atoms with Crippen molar-refractivity contribution in [3.05, 3.63) is 60.7 Å². The summed E-state index contributed by atoms with van der Waals surface area (Å²) in [4.78, 5) is 12.7. The quantitative estimate of drug-likeness (QED) is 0.469. The van der Waals surface area contributed by atoms with Gasteiger partial charge in [-0.05, 0) is 57.3 Å². The third-order valence-corrected chi connectivity index (χ3v) is 5.51. The van der Waals surface area contributed by atoms with Crippen LogP contribution in [-0.2, 0) is 10.3 Å². The van der Waals surface area contributed by atoms with Crippen molar-refractivity contribution in [1.29, 1.82) is 0 Å². The van der Waals surface area contributed by atoms with E-state index in [1.807, 2.05) is 59.0 Å². The van der Waals surface area contributed by atoms with E-state index in [0.717, 1.165) is 22.1 Å². The van der Waals surface area contributed by atoms with Gasteiger partial charge < -0.3 is 15.2 Å². The highest BCUT2D eigenvalue weighted by atomic mass is 127. The fraction of sp³-hybridized carbons (Fsp3) is 0.235. The maximum atomic E-state index is 12.7. The molecule has 6 heteroatoms. The molecule has 1 fully saturated rings. The molecule has 2 aromatic rings. The van der Waals surface area contributed by atoms with E-state index in [-0.39, 0.29) is 11.3 Å². The fourth-order valence-corrected chi connectivity index (χ4v) is 4.73. The molecular weight excluding hydrogens is 520 g/mol. The average Bonchev–Trinajstić information content (AvgIpc) is 3.01. The molecule has 1 aliphatic heterocycles. The molecule has 3 N–H and O–H groups in total. The van der Waals surface area contributed by atoms with Crippen LogP contribution in [0.4, 0.5) is 0 Å². The van der Waals surface area contributed by atoms with E-state index >= 15 is 0 Å². The Morgan fingerprint density at radius 3 is 2.61 bits per heavy atom. The number of benzene rings is 2. The number of halogens is 2. The first-order valence-electron chi connectivity index (χ1n) is 7.30. The number of phenolic OH excluding ortho intramolecular Hbond substituents is 1. The highest BCUT2D eigenvalue weighted by Crippen LogP contribution is 2.34. The lowest BCUT2D eigenvalue weighted by Crippen LogP contribution is -2.82. The van der Waals surface area contributed by atoms with Gasteiger partial charge in [0.1, 0.15) is 17.9 Å². The highest BCUT2D eigenvalue weighted by Gasteiger charge is 2.43. The van der Waals surface area contributed by atoms with Gasteiger partial charge in [0.2, 0.25) is 0 Å². The summed E-state index contributed by atoms with van der Waals surface area (Å²) in [6.45, 7) is 1.61. The van der Waals surface area contributed by atoms with Gasteiger partial charge in [0.05, 0.1) is 10.1 Å². The molecule has 0 amide bonds. The monoisotopic (exact) mass is 536 g/mol. The first-order valence-corrected chi connectivity index (χ1v) is 9.46. The minimum atomic E-state index is -0.627. The Morgan fingerprint density at radius 2 is 1.96 bits per heavy atom. The Labute approximate surface area is 161 Å². The van der Waals surface area contributed by atoms with Crippen LogP contribution >= 0.6 is 45.2 Å². The number of aromatic hydroxyl groups is 1. The summed E-state index contributed by atoms with van der Waals surface area (Å²) in [5, 5.41) is 12.4. The van der Waals surface area contributed by atoms with Gasteiger partial charge in [-0.3, -0.25) is 0 Å². The zero-order valence-electron chi connectivity index (χ0n) is 12.3. The number of nitrogens with two attached hydrogens (primary N) is 1. The van der Waals surface area contributed by atoms with Gasteiger partial charge in [-0.2, -0.15) is 0 Å². The molecule has 120 valence electrons. The number of esters is 1. The zero-order valence-corrected chi connectivity index (χ0v) is 16.6. The molecule has 0 aliphatic carbocycles. The minimum Gasteiger partial charge on any atom is -0.506 e. The van der Waals surface area contributed by atoms with E-state index in [2.05, 4.69) is 27.9 Å². The topological polar surface area (TPSA) is 63.1 Å². The molecule has 2 aromatic carbocycles. The van der Waals surface area contributed by atoms with Crippen LogP contribution in [0.2, 0.25) is 0 Å². The van der Waals surface area contributed by atoms with E-state index in [0.29, 0.717) is 10.1 Å². The van der Waals surface area contributed by atoms with Gasteiger partial charge in [-0.25, -0.2) is 4.79 Å². The van der Waals surface area contributed by atoms with E-state index in [9.17, 15) is 9.90 Å². The van der Waals surface area contributed by atoms with Crippen molar-refractivity contribution >= 4 is 51.2 Å². The molecule has 1 saturated heterocycles. The maximum Gasteiger partial charge on any atom is 0.343 e. The third kappa shape index (κ3) is 3.48. The van der Waals surface area contributed by atoms with Gasteiger partial charge >= 0.3 is 5.97 Å². The highest BCUT2D eigenvalue weighted by molar-refractivity contribution is 14.1. The number of carbonyl (C=O) groups is 1. The summed E-state index contributed by atoms with van der Waals surface area (Å²) in [6, 6.07) is 13.3. The normalized spacial score (nSPS) is 20.4. The molecule has 1 atom stereocenters. The molecule has 0 bridgehead atoms. The molecule has 1 unspecified atom stereocenters. The second kappa shape index (κ2) is 6.94. The van der Waals surface area contributed by atoms with E-state index in [4.69, 9.17) is 4.74 Å². The number of phenols is 1. The van der Waals surface area contributed by atoms with Crippen molar-refractivity contribution in [1.82, 2.24) is 0 Å². The minimum absolute atomic E-state index is 0.0128. The molecule has 23 heavy (non-hydrogen) atoms. The summed E-state index contributed by atoms with van der Waals surface area (Å²) >= 11 is 4.15. The van der Waals surface area contributed by atoms with Gasteiger partial charge in [-0.1, -0.05) is 30.3 Å². The predicted octanol–water partition coefficient (Wildman–Crippen LogP) is 2.62. The van der Waals surface area contributed by atoms with Crippen molar-refractivity contribution in [2.45, 2.75) is 12.0 Å². The maximum absolute atomic E-state index is 12.7. The third-order valence-electron chi connectivity index (χ3n) is 4.06. The Bertz CT molecular complexity index is 728. The number of hydrogen-bond donors (Lipinski definition) is 2. The van der Waals surface area contributed by atoms with Crippen molar-refractivity contribution in [3.8, 4) is 5.75 Å². The number of hydrogen-bond acceptors (Lipinski definition) is 3. The Balaban J connectivity index is 1.94. The van der Waals surface area contributed by atoms with Gasteiger partial charge in [0.25, 0.3) is 0 Å². The molecule has 1 aliphatic rings. The Kier molecular flexibility index (Phi) is 5.12. The SMILES string of the molecule is O=C(OC1(c2ccccc2)CC[NH2+]C1)c1cc(I)cc(I)c1O. The number of quaternary nitrogens is 1. The molecule has 0 saturated carbocycles. The first-order chi connectivity index (χ1) is 11.0. The average molecular weight is 536 g/mol. The van der Waals surface area contributed by atoms with Gasteiger partial charge in [-0.15, -0.1) is 0 Å². The smallest absolute Gasteiger partial charge is 0.343 e. The Morgan fingerprint density at radius 1 is 1.22 bits per heavy atom. The van der Waals surface area contributed by atoms with E-state index in [1.54, 1.807) is 6.07 Å². The van der Waals surface area contributed by atoms with Crippen molar-refractivity contribution in [2.24, 2.45) is 0 Å². The fourth-order valence-electron chi connectivity index (χ4n) is 2.88. The Hall–Kier alpha value is -0.870. The molecule has 0 aromatic heterocycles. The van der Waals surface area contributed by atoms with Gasteiger partial charge in [0, 0.05) is 15.6 Å². The van der Waals surface area contributed by atoms with Crippen LogP contribution in [0.3, 0.4) is 0 Å². The van der Waals surface area contributed by atoms with Crippen LogP contribution in [0.5, 0.6) is 5.75 Å². The number of ether oxygens (including phenoxy) is 1. The standard InChI is InChI=1S/C17H15I2NO3/c18-12-8-13(15(21)14(19)9-12)16(22)23-17(6-7-20-10-17)11-4-2-1-3-5-11/h1-5,8-9,20-21H,6-7,10H2/p+1. The molecule has 3 rings (SSSR count). The van der Waals surface area contributed by atoms with E-state index in [1.165, 1.54) is 0 Å². The van der Waals surface area contributed by atoms with Crippen LogP contribution in [0.15, 0.2) is 42.5 Å². The molecule has 0 radical (unpaired) electrons. The molecule has 0 spiro atoms. The number of rotatable bonds is 3. The largest absolute Gasteiger partial charge is 0.506 e. The summed E-state index contributed by atoms with van der Waals surface area (Å²) in [5.41, 5.74) is 0.600. The predicted molar refractivity (Wildman–Crippen MR) is 103 cm³/mol. The van der Waals surface area contributed by atoms with Crippen LogP contribution in [0, 0.1) is 7.14 Å². The second-order valence-electron chi connectivity index (χ2n) is 5.57. The second-order valence-corrected chi connectivity index (χ2v) is 7.97. The lowest BCUT2D eigenvalue weighted by molar-refractivity contribution is -0.641. The number of carbonyl (C=O) groups excluding carboxylic acids is 1. The molecular formula is C17H16I2NO3+. The molecule has 4 nitrogen and oxygen atoms in total. The van der Waals surface area contributed by atoms with Crippen molar-refractivity contribution < 1.29 is 20.0 Å². The van der Waals surface area contributed by atoms with Crippen LogP contribution in [0.1, 0.15) is 22.3 Å². The van der Waals surface area contributed by atoms with Gasteiger partial charge in [0.15, 0.2) is 5.60 Å². The molecule has 1 heterocycles. The summed E-state index contributed by atoms with van der Waals surface area (Å²) < 4.78 is 7.46. The lowest BCUT2D eigenvalue weighted by Gasteiger charge is -2.26. The first kappa shape index (κ1) is 17.0.